The van der Waals surface area contributed by atoms with Gasteiger partial charge in [-0.05, 0) is 25.0 Å². The van der Waals surface area contributed by atoms with Crippen molar-refractivity contribution in [3.8, 4) is 5.75 Å². The van der Waals surface area contributed by atoms with Crippen molar-refractivity contribution in [2.75, 3.05) is 12.4 Å². The minimum atomic E-state index is -0.139. The molecule has 20 heavy (non-hydrogen) atoms. The lowest BCUT2D eigenvalue weighted by Crippen LogP contribution is -2.37. The lowest BCUT2D eigenvalue weighted by Gasteiger charge is -2.21. The number of benzene rings is 1. The summed E-state index contributed by atoms with van der Waals surface area (Å²) in [6, 6.07) is 5.13. The summed E-state index contributed by atoms with van der Waals surface area (Å²) in [6.07, 6.45) is 5.05. The monoisotopic (exact) mass is 296 g/mol. The van der Waals surface area contributed by atoms with Gasteiger partial charge in [0.1, 0.15) is 5.75 Å². The smallest absolute Gasteiger partial charge is 0.229 e. The molecule has 1 amide bonds. The summed E-state index contributed by atoms with van der Waals surface area (Å²) in [6.45, 7) is 0. The number of halogens is 1. The highest BCUT2D eigenvalue weighted by Gasteiger charge is 2.27. The van der Waals surface area contributed by atoms with E-state index in [1.54, 1.807) is 25.3 Å². The van der Waals surface area contributed by atoms with E-state index >= 15 is 0 Å². The predicted octanol–water partition coefficient (Wildman–Crippen LogP) is 3.19. The second kappa shape index (κ2) is 6.95. The molecule has 1 fully saturated rings. The van der Waals surface area contributed by atoms with E-state index in [4.69, 9.17) is 22.1 Å². The normalized spacial score (nSPS) is 22.9. The Morgan fingerprint density at radius 2 is 2.10 bits per heavy atom. The van der Waals surface area contributed by atoms with E-state index in [-0.39, 0.29) is 17.9 Å². The number of carbonyl (C=O) groups excluding carboxylic acids is 1. The minimum Gasteiger partial charge on any atom is -0.497 e. The van der Waals surface area contributed by atoms with Gasteiger partial charge in [-0.15, -0.1) is 0 Å². The topological polar surface area (TPSA) is 64.3 Å². The zero-order chi connectivity index (χ0) is 14.5. The fourth-order valence-electron chi connectivity index (χ4n) is 2.61. The molecule has 5 heteroatoms. The quantitative estimate of drug-likeness (QED) is 0.842. The van der Waals surface area contributed by atoms with Crippen molar-refractivity contribution in [3.63, 3.8) is 0 Å². The molecule has 2 unspecified atom stereocenters. The van der Waals surface area contributed by atoms with Crippen molar-refractivity contribution in [1.29, 1.82) is 0 Å². The number of hydrogen-bond donors (Lipinski definition) is 2. The molecule has 2 atom stereocenters. The lowest BCUT2D eigenvalue weighted by molar-refractivity contribution is -0.120. The van der Waals surface area contributed by atoms with E-state index in [0.717, 1.165) is 32.1 Å². The van der Waals surface area contributed by atoms with Crippen LogP contribution in [-0.2, 0) is 4.79 Å². The van der Waals surface area contributed by atoms with Crippen LogP contribution in [-0.4, -0.2) is 19.1 Å². The Morgan fingerprint density at radius 1 is 1.35 bits per heavy atom. The van der Waals surface area contributed by atoms with E-state index in [1.165, 1.54) is 0 Å². The van der Waals surface area contributed by atoms with Crippen LogP contribution in [0.5, 0.6) is 5.75 Å². The number of rotatable bonds is 3. The van der Waals surface area contributed by atoms with Gasteiger partial charge < -0.3 is 15.8 Å². The maximum Gasteiger partial charge on any atom is 0.229 e. The van der Waals surface area contributed by atoms with Gasteiger partial charge in [-0.1, -0.05) is 30.9 Å². The van der Waals surface area contributed by atoms with Gasteiger partial charge in [0, 0.05) is 12.1 Å². The molecule has 3 N–H and O–H groups in total. The molecule has 1 aliphatic carbocycles. The summed E-state index contributed by atoms with van der Waals surface area (Å²) < 4.78 is 5.14. The van der Waals surface area contributed by atoms with Crippen LogP contribution in [0.4, 0.5) is 5.69 Å². The third-order valence-electron chi connectivity index (χ3n) is 3.84. The van der Waals surface area contributed by atoms with Crippen molar-refractivity contribution < 1.29 is 9.53 Å². The number of carbonyl (C=O) groups is 1. The van der Waals surface area contributed by atoms with E-state index in [9.17, 15) is 4.79 Å². The van der Waals surface area contributed by atoms with Gasteiger partial charge >= 0.3 is 0 Å². The van der Waals surface area contributed by atoms with Crippen molar-refractivity contribution in [2.45, 2.75) is 38.1 Å². The molecule has 0 aliphatic heterocycles. The first-order valence-electron chi connectivity index (χ1n) is 7.02. The van der Waals surface area contributed by atoms with Crippen LogP contribution in [0.25, 0.3) is 0 Å². The highest BCUT2D eigenvalue weighted by molar-refractivity contribution is 6.33. The van der Waals surface area contributed by atoms with Crippen LogP contribution in [0.15, 0.2) is 18.2 Å². The Kier molecular flexibility index (Phi) is 5.26. The van der Waals surface area contributed by atoms with Crippen LogP contribution in [0.3, 0.4) is 0 Å². The van der Waals surface area contributed by atoms with Gasteiger partial charge in [-0.2, -0.15) is 0 Å². The zero-order valence-electron chi connectivity index (χ0n) is 11.7. The van der Waals surface area contributed by atoms with Gasteiger partial charge in [0.2, 0.25) is 5.91 Å². The average molecular weight is 297 g/mol. The highest BCUT2D eigenvalue weighted by Crippen LogP contribution is 2.29. The average Bonchev–Trinajstić information content (AvgIpc) is 2.66. The Hall–Kier alpha value is -1.26. The highest BCUT2D eigenvalue weighted by atomic mass is 35.5. The molecular formula is C15H21ClN2O2. The summed E-state index contributed by atoms with van der Waals surface area (Å²) in [5.74, 6) is 0.476. The van der Waals surface area contributed by atoms with E-state index in [2.05, 4.69) is 5.32 Å². The largest absolute Gasteiger partial charge is 0.497 e. The summed E-state index contributed by atoms with van der Waals surface area (Å²) in [5.41, 5.74) is 6.69. The maximum atomic E-state index is 12.4. The lowest BCUT2D eigenvalue weighted by atomic mass is 9.94. The van der Waals surface area contributed by atoms with Gasteiger partial charge in [-0.3, -0.25) is 4.79 Å². The number of ether oxygens (including phenoxy) is 1. The van der Waals surface area contributed by atoms with Gasteiger partial charge in [0.15, 0.2) is 0 Å². The molecule has 4 nitrogen and oxygen atoms in total. The van der Waals surface area contributed by atoms with Crippen LogP contribution < -0.4 is 15.8 Å². The molecule has 0 bridgehead atoms. The first-order chi connectivity index (χ1) is 9.61. The fourth-order valence-corrected chi connectivity index (χ4v) is 2.78. The molecule has 0 saturated heterocycles. The molecule has 1 saturated carbocycles. The molecule has 1 aromatic carbocycles. The standard InChI is InChI=1S/C15H21ClN2O2/c1-20-10-7-8-12(16)14(9-10)18-15(19)11-5-3-2-4-6-13(11)17/h7-9,11,13H,2-6,17H2,1H3,(H,18,19). The third kappa shape index (κ3) is 3.64. The summed E-state index contributed by atoms with van der Waals surface area (Å²) in [7, 11) is 1.58. The summed E-state index contributed by atoms with van der Waals surface area (Å²) >= 11 is 6.10. The number of nitrogens with two attached hydrogens (primary N) is 1. The Morgan fingerprint density at radius 3 is 2.85 bits per heavy atom. The fraction of sp³-hybridized carbons (Fsp3) is 0.533. The molecule has 0 radical (unpaired) electrons. The van der Waals surface area contributed by atoms with Crippen molar-refractivity contribution in [1.82, 2.24) is 0 Å². The van der Waals surface area contributed by atoms with E-state index < -0.39 is 0 Å². The van der Waals surface area contributed by atoms with Gasteiger partial charge in [0.05, 0.1) is 23.7 Å². The SMILES string of the molecule is COc1ccc(Cl)c(NC(=O)C2CCCCCC2N)c1. The predicted molar refractivity (Wildman–Crippen MR) is 81.2 cm³/mol. The number of hydrogen-bond acceptors (Lipinski definition) is 3. The number of anilines is 1. The Labute approximate surface area is 124 Å². The van der Waals surface area contributed by atoms with Gasteiger partial charge in [0.25, 0.3) is 0 Å². The van der Waals surface area contributed by atoms with Gasteiger partial charge in [-0.25, -0.2) is 0 Å². The molecule has 1 aromatic rings. The first-order valence-corrected chi connectivity index (χ1v) is 7.39. The third-order valence-corrected chi connectivity index (χ3v) is 4.17. The molecular weight excluding hydrogens is 276 g/mol. The first kappa shape index (κ1) is 15.1. The van der Waals surface area contributed by atoms with Crippen molar-refractivity contribution in [2.24, 2.45) is 11.7 Å². The zero-order valence-corrected chi connectivity index (χ0v) is 12.5. The summed E-state index contributed by atoms with van der Waals surface area (Å²) in [4.78, 5) is 12.4. The van der Waals surface area contributed by atoms with Crippen molar-refractivity contribution in [3.05, 3.63) is 23.2 Å². The number of amides is 1. The van der Waals surface area contributed by atoms with Crippen LogP contribution >= 0.6 is 11.6 Å². The van der Waals surface area contributed by atoms with E-state index in [0.29, 0.717) is 16.5 Å². The second-order valence-electron chi connectivity index (χ2n) is 5.24. The van der Waals surface area contributed by atoms with Crippen LogP contribution in [0.1, 0.15) is 32.1 Å². The van der Waals surface area contributed by atoms with Crippen molar-refractivity contribution >= 4 is 23.2 Å². The number of methoxy groups -OCH3 is 1. The molecule has 2 rings (SSSR count). The molecule has 1 aliphatic rings. The minimum absolute atomic E-state index is 0.0467. The molecule has 110 valence electrons. The number of nitrogens with one attached hydrogen (secondary N) is 1. The summed E-state index contributed by atoms with van der Waals surface area (Å²) in [5, 5.41) is 3.38. The van der Waals surface area contributed by atoms with Crippen LogP contribution in [0.2, 0.25) is 5.02 Å². The Balaban J connectivity index is 2.10. The molecule has 0 spiro atoms. The second-order valence-corrected chi connectivity index (χ2v) is 5.65. The van der Waals surface area contributed by atoms with E-state index in [1.807, 2.05) is 0 Å². The molecule has 0 heterocycles. The van der Waals surface area contributed by atoms with Crippen LogP contribution in [0, 0.1) is 5.92 Å². The maximum absolute atomic E-state index is 12.4. The Bertz CT molecular complexity index is 479. The molecule has 0 aromatic heterocycles.